The number of rotatable bonds is 6. The molecule has 3 N–H and O–H groups in total. The zero-order chi connectivity index (χ0) is 11.3. The summed E-state index contributed by atoms with van der Waals surface area (Å²) < 4.78 is 1.84. The zero-order valence-corrected chi connectivity index (χ0v) is 9.48. The standard InChI is InChI=1S/C10H20N4O/c1-3-10(6-11,7-15)5-9-12-8-13-14(9)4-2/h8,15H,3-7,11H2,1-2H3. The van der Waals surface area contributed by atoms with E-state index in [0.29, 0.717) is 13.0 Å². The Morgan fingerprint density at radius 3 is 2.73 bits per heavy atom. The molecule has 0 aliphatic heterocycles. The molecule has 0 saturated carbocycles. The summed E-state index contributed by atoms with van der Waals surface area (Å²) in [6.45, 7) is 5.42. The summed E-state index contributed by atoms with van der Waals surface area (Å²) in [5.74, 6) is 0.902. The van der Waals surface area contributed by atoms with Crippen LogP contribution in [-0.4, -0.2) is 33.0 Å². The Morgan fingerprint density at radius 1 is 1.53 bits per heavy atom. The Hall–Kier alpha value is -0.940. The van der Waals surface area contributed by atoms with Gasteiger partial charge in [-0.15, -0.1) is 0 Å². The highest BCUT2D eigenvalue weighted by Gasteiger charge is 2.28. The maximum absolute atomic E-state index is 9.40. The molecule has 0 aliphatic rings. The summed E-state index contributed by atoms with van der Waals surface area (Å²) in [6, 6.07) is 0. The van der Waals surface area contributed by atoms with Crippen LogP contribution in [0.25, 0.3) is 0 Å². The predicted octanol–water partition coefficient (Wildman–Crippen LogP) is 0.188. The van der Waals surface area contributed by atoms with Crippen LogP contribution in [0.3, 0.4) is 0 Å². The van der Waals surface area contributed by atoms with Crippen LogP contribution in [0, 0.1) is 5.41 Å². The molecular formula is C10H20N4O. The minimum absolute atomic E-state index is 0.0938. The third-order valence-corrected chi connectivity index (χ3v) is 3.05. The van der Waals surface area contributed by atoms with Crippen LogP contribution in [-0.2, 0) is 13.0 Å². The van der Waals surface area contributed by atoms with Gasteiger partial charge in [0.05, 0.1) is 6.61 Å². The molecule has 0 spiro atoms. The van der Waals surface area contributed by atoms with Gasteiger partial charge in [-0.05, 0) is 13.3 Å². The number of aliphatic hydroxyl groups excluding tert-OH is 1. The van der Waals surface area contributed by atoms with Crippen LogP contribution < -0.4 is 5.73 Å². The van der Waals surface area contributed by atoms with Crippen molar-refractivity contribution in [3.63, 3.8) is 0 Å². The normalized spacial score (nSPS) is 15.2. The molecule has 0 aromatic carbocycles. The highest BCUT2D eigenvalue weighted by molar-refractivity contribution is 4.94. The molecule has 1 aromatic rings. The van der Waals surface area contributed by atoms with Gasteiger partial charge in [0.15, 0.2) is 0 Å². The topological polar surface area (TPSA) is 77.0 Å². The minimum Gasteiger partial charge on any atom is -0.396 e. The first-order valence-corrected chi connectivity index (χ1v) is 5.39. The van der Waals surface area contributed by atoms with Gasteiger partial charge >= 0.3 is 0 Å². The fraction of sp³-hybridized carbons (Fsp3) is 0.800. The lowest BCUT2D eigenvalue weighted by Gasteiger charge is -2.28. The average Bonchev–Trinajstić information content (AvgIpc) is 2.73. The summed E-state index contributed by atoms with van der Waals surface area (Å²) in [5.41, 5.74) is 5.47. The van der Waals surface area contributed by atoms with Crippen molar-refractivity contribution < 1.29 is 5.11 Å². The van der Waals surface area contributed by atoms with E-state index in [-0.39, 0.29) is 12.0 Å². The quantitative estimate of drug-likeness (QED) is 0.705. The second-order valence-corrected chi connectivity index (χ2v) is 3.88. The van der Waals surface area contributed by atoms with E-state index >= 15 is 0 Å². The molecule has 0 fully saturated rings. The highest BCUT2D eigenvalue weighted by atomic mass is 16.3. The molecule has 0 radical (unpaired) electrons. The summed E-state index contributed by atoms with van der Waals surface area (Å²) in [4.78, 5) is 4.20. The lowest BCUT2D eigenvalue weighted by molar-refractivity contribution is 0.123. The molecule has 15 heavy (non-hydrogen) atoms. The van der Waals surface area contributed by atoms with Crippen molar-refractivity contribution in [3.05, 3.63) is 12.2 Å². The summed E-state index contributed by atoms with van der Waals surface area (Å²) >= 11 is 0. The summed E-state index contributed by atoms with van der Waals surface area (Å²) in [7, 11) is 0. The Morgan fingerprint density at radius 2 is 2.27 bits per heavy atom. The highest BCUT2D eigenvalue weighted by Crippen LogP contribution is 2.24. The maximum atomic E-state index is 9.40. The molecule has 5 nitrogen and oxygen atoms in total. The van der Waals surface area contributed by atoms with E-state index in [4.69, 9.17) is 5.73 Å². The number of hydrogen-bond donors (Lipinski definition) is 2. The van der Waals surface area contributed by atoms with E-state index in [0.717, 1.165) is 18.8 Å². The minimum atomic E-state index is -0.250. The van der Waals surface area contributed by atoms with Gasteiger partial charge in [-0.3, -0.25) is 4.68 Å². The lowest BCUT2D eigenvalue weighted by atomic mass is 9.82. The Labute approximate surface area is 90.3 Å². The number of aromatic nitrogens is 3. The van der Waals surface area contributed by atoms with Gasteiger partial charge in [0, 0.05) is 24.9 Å². The van der Waals surface area contributed by atoms with Crippen LogP contribution in [0.2, 0.25) is 0 Å². The Bertz CT molecular complexity index is 285. The molecule has 1 aromatic heterocycles. The maximum Gasteiger partial charge on any atom is 0.138 e. The molecule has 86 valence electrons. The summed E-state index contributed by atoms with van der Waals surface area (Å²) in [5, 5.41) is 13.5. The number of hydrogen-bond acceptors (Lipinski definition) is 4. The zero-order valence-electron chi connectivity index (χ0n) is 9.48. The van der Waals surface area contributed by atoms with Crippen molar-refractivity contribution >= 4 is 0 Å². The van der Waals surface area contributed by atoms with Crippen molar-refractivity contribution in [1.29, 1.82) is 0 Å². The largest absolute Gasteiger partial charge is 0.396 e. The first-order chi connectivity index (χ1) is 7.21. The second-order valence-electron chi connectivity index (χ2n) is 3.88. The smallest absolute Gasteiger partial charge is 0.138 e. The van der Waals surface area contributed by atoms with Crippen molar-refractivity contribution in [2.45, 2.75) is 33.2 Å². The molecule has 5 heteroatoms. The van der Waals surface area contributed by atoms with E-state index < -0.39 is 0 Å². The summed E-state index contributed by atoms with van der Waals surface area (Å²) in [6.07, 6.45) is 3.08. The van der Waals surface area contributed by atoms with Gasteiger partial charge in [-0.2, -0.15) is 5.10 Å². The van der Waals surface area contributed by atoms with Crippen LogP contribution in [0.4, 0.5) is 0 Å². The van der Waals surface area contributed by atoms with Gasteiger partial charge in [-0.25, -0.2) is 4.98 Å². The monoisotopic (exact) mass is 212 g/mol. The molecule has 0 amide bonds. The average molecular weight is 212 g/mol. The third-order valence-electron chi connectivity index (χ3n) is 3.05. The second kappa shape index (κ2) is 5.23. The number of nitrogens with zero attached hydrogens (tertiary/aromatic N) is 3. The van der Waals surface area contributed by atoms with E-state index in [9.17, 15) is 5.11 Å². The van der Waals surface area contributed by atoms with Crippen molar-refractivity contribution in [1.82, 2.24) is 14.8 Å². The van der Waals surface area contributed by atoms with Gasteiger partial charge in [-0.1, -0.05) is 6.92 Å². The van der Waals surface area contributed by atoms with Gasteiger partial charge in [0.1, 0.15) is 12.2 Å². The molecule has 0 saturated heterocycles. The van der Waals surface area contributed by atoms with Crippen LogP contribution in [0.15, 0.2) is 6.33 Å². The Balaban J connectivity index is 2.82. The molecular weight excluding hydrogens is 192 g/mol. The van der Waals surface area contributed by atoms with E-state index in [1.165, 1.54) is 0 Å². The number of aryl methyl sites for hydroxylation is 1. The van der Waals surface area contributed by atoms with Crippen LogP contribution >= 0.6 is 0 Å². The SMILES string of the molecule is CCn1ncnc1CC(CC)(CN)CO. The van der Waals surface area contributed by atoms with Crippen molar-refractivity contribution in [2.24, 2.45) is 11.1 Å². The predicted molar refractivity (Wildman–Crippen MR) is 58.3 cm³/mol. The third kappa shape index (κ3) is 2.54. The molecule has 1 heterocycles. The van der Waals surface area contributed by atoms with Crippen molar-refractivity contribution in [3.8, 4) is 0 Å². The van der Waals surface area contributed by atoms with Crippen molar-refractivity contribution in [2.75, 3.05) is 13.2 Å². The fourth-order valence-electron chi connectivity index (χ4n) is 1.60. The van der Waals surface area contributed by atoms with Gasteiger partial charge < -0.3 is 10.8 Å². The molecule has 1 rings (SSSR count). The molecule has 0 aliphatic carbocycles. The van der Waals surface area contributed by atoms with E-state index in [1.54, 1.807) is 6.33 Å². The molecule has 1 unspecified atom stereocenters. The fourth-order valence-corrected chi connectivity index (χ4v) is 1.60. The number of nitrogens with two attached hydrogens (primary N) is 1. The van der Waals surface area contributed by atoms with E-state index in [2.05, 4.69) is 10.1 Å². The molecule has 0 bridgehead atoms. The number of aliphatic hydroxyl groups is 1. The first kappa shape index (κ1) is 12.1. The Kier molecular flexibility index (Phi) is 4.23. The molecule has 1 atom stereocenters. The van der Waals surface area contributed by atoms with Crippen LogP contribution in [0.1, 0.15) is 26.1 Å². The van der Waals surface area contributed by atoms with E-state index in [1.807, 2.05) is 18.5 Å². The van der Waals surface area contributed by atoms with Gasteiger partial charge in [0.25, 0.3) is 0 Å². The van der Waals surface area contributed by atoms with Gasteiger partial charge in [0.2, 0.25) is 0 Å². The lowest BCUT2D eigenvalue weighted by Crippen LogP contribution is -2.36. The first-order valence-electron chi connectivity index (χ1n) is 5.39. The van der Waals surface area contributed by atoms with Crippen LogP contribution in [0.5, 0.6) is 0 Å².